The third kappa shape index (κ3) is 14.8. The van der Waals surface area contributed by atoms with Crippen LogP contribution in [0.2, 0.25) is 0 Å². The molecule has 0 fully saturated rings. The van der Waals surface area contributed by atoms with E-state index in [-0.39, 0.29) is 13.0 Å². The van der Waals surface area contributed by atoms with Crippen molar-refractivity contribution in [3.8, 4) is 0 Å². The maximum Gasteiger partial charge on any atom is 0.362 e. The minimum Gasteiger partial charge on any atom is -0.373 e. The number of likely N-dealkylation sites (N-methyl/N-ethyl adjacent to an activating group) is 1. The summed E-state index contributed by atoms with van der Waals surface area (Å²) in [7, 11) is 0.937. The molecule has 0 aliphatic carbocycles. The molecule has 0 aliphatic rings. The lowest BCUT2D eigenvalue weighted by Gasteiger charge is -2.35. The average molecular weight is 421 g/mol. The van der Waals surface area contributed by atoms with Crippen LogP contribution in [-0.2, 0) is 4.57 Å². The van der Waals surface area contributed by atoms with Crippen molar-refractivity contribution in [1.29, 1.82) is 0 Å². The van der Waals surface area contributed by atoms with Crippen molar-refractivity contribution in [3.63, 3.8) is 0 Å². The van der Waals surface area contributed by atoms with Crippen molar-refractivity contribution in [2.75, 3.05) is 27.7 Å². The molecule has 0 aliphatic heterocycles. The Balaban J connectivity index is 3.79. The van der Waals surface area contributed by atoms with Gasteiger partial charge in [0.15, 0.2) is 0 Å². The molecule has 0 spiro atoms. The van der Waals surface area contributed by atoms with E-state index >= 15 is 0 Å². The van der Waals surface area contributed by atoms with Crippen LogP contribution in [0.1, 0.15) is 96.8 Å². The molecule has 0 bridgehead atoms. The predicted octanol–water partition coefficient (Wildman–Crippen LogP) is 5.60. The van der Waals surface area contributed by atoms with Crippen molar-refractivity contribution in [1.82, 2.24) is 0 Å². The van der Waals surface area contributed by atoms with E-state index < -0.39 is 12.9 Å². The van der Waals surface area contributed by atoms with Crippen LogP contribution in [0.5, 0.6) is 0 Å². The van der Waals surface area contributed by atoms with Crippen LogP contribution in [-0.4, -0.2) is 52.4 Å². The molecule has 3 N–H and O–H groups in total. The maximum absolute atomic E-state index is 11.7. The summed E-state index contributed by atoms with van der Waals surface area (Å²) in [5, 5.41) is 8.57. The van der Waals surface area contributed by atoms with Crippen molar-refractivity contribution in [3.05, 3.63) is 12.2 Å². The van der Waals surface area contributed by atoms with Crippen LogP contribution in [0.25, 0.3) is 0 Å². The quantitative estimate of drug-likeness (QED) is 0.117. The summed E-state index contributed by atoms with van der Waals surface area (Å²) in [5.41, 5.74) is 0. The smallest absolute Gasteiger partial charge is 0.362 e. The van der Waals surface area contributed by atoms with Crippen molar-refractivity contribution < 1.29 is 23.9 Å². The molecule has 0 aromatic heterocycles. The molecule has 28 heavy (non-hydrogen) atoms. The van der Waals surface area contributed by atoms with E-state index in [1.54, 1.807) is 0 Å². The third-order valence-corrected chi connectivity index (χ3v) is 6.56. The van der Waals surface area contributed by atoms with Crippen LogP contribution in [0.3, 0.4) is 0 Å². The second kappa shape index (κ2) is 14.7. The largest absolute Gasteiger partial charge is 0.373 e. The van der Waals surface area contributed by atoms with E-state index in [1.807, 2.05) is 21.1 Å². The van der Waals surface area contributed by atoms with E-state index in [0.717, 1.165) is 19.3 Å². The van der Waals surface area contributed by atoms with E-state index in [0.29, 0.717) is 10.9 Å². The number of quaternary nitrogens is 1. The highest BCUT2D eigenvalue weighted by Gasteiger charge is 2.48. The first kappa shape index (κ1) is 27.8. The lowest BCUT2D eigenvalue weighted by Crippen LogP contribution is -2.49. The molecule has 0 saturated carbocycles. The molecule has 6 heteroatoms. The summed E-state index contributed by atoms with van der Waals surface area (Å²) >= 11 is 0. The number of nitrogens with zero attached hydrogens (tertiary/aromatic N) is 1. The van der Waals surface area contributed by atoms with E-state index in [1.165, 1.54) is 57.8 Å². The maximum atomic E-state index is 11.7. The van der Waals surface area contributed by atoms with Crippen molar-refractivity contribution in [2.24, 2.45) is 0 Å². The molecule has 0 rings (SSSR count). The van der Waals surface area contributed by atoms with Gasteiger partial charge in [0.1, 0.15) is 6.54 Å². The third-order valence-electron chi connectivity index (χ3n) is 5.11. The Labute approximate surface area is 174 Å². The Morgan fingerprint density at radius 3 is 1.64 bits per heavy atom. The van der Waals surface area contributed by atoms with Gasteiger partial charge in [-0.2, -0.15) is 0 Å². The summed E-state index contributed by atoms with van der Waals surface area (Å²) < 4.78 is 12.0. The number of hydrogen-bond donors (Lipinski definition) is 3. The van der Waals surface area contributed by atoms with Crippen LogP contribution in [0.15, 0.2) is 12.2 Å². The van der Waals surface area contributed by atoms with Gasteiger partial charge in [-0.25, -0.2) is 0 Å². The van der Waals surface area contributed by atoms with E-state index in [2.05, 4.69) is 19.1 Å². The topological polar surface area (TPSA) is 77.8 Å². The van der Waals surface area contributed by atoms with Crippen LogP contribution in [0.4, 0.5) is 0 Å². The van der Waals surface area contributed by atoms with Gasteiger partial charge in [0, 0.05) is 0 Å². The highest BCUT2D eigenvalue weighted by atomic mass is 31.2. The highest BCUT2D eigenvalue weighted by Crippen LogP contribution is 2.52. The number of allylic oxidation sites excluding steroid dienone is 2. The first-order chi connectivity index (χ1) is 13.0. The highest BCUT2D eigenvalue weighted by molar-refractivity contribution is 7.53. The Hall–Kier alpha value is -0.190. The minimum atomic E-state index is -4.55. The Morgan fingerprint density at radius 2 is 1.21 bits per heavy atom. The summed E-state index contributed by atoms with van der Waals surface area (Å²) in [6, 6.07) is 0. The lowest BCUT2D eigenvalue weighted by atomic mass is 10.1. The van der Waals surface area contributed by atoms with E-state index in [9.17, 15) is 19.5 Å². The Bertz CT molecular complexity index is 456. The standard InChI is InChI=1S/C22H46NO4P/c1-5-6-7-8-9-10-11-12-13-14-15-16-17-18-19-20-22(24,28(25,26)27)21-23(2,3)4/h15-16,24H,5-14,17-21H2,1-4H3,(H-,25,26,27)/p+1/b16-15-. The molecule has 1 atom stereocenters. The summed E-state index contributed by atoms with van der Waals surface area (Å²) in [6.45, 7) is 2.30. The van der Waals surface area contributed by atoms with Gasteiger partial charge in [-0.05, 0) is 38.5 Å². The first-order valence-electron chi connectivity index (χ1n) is 11.3. The average Bonchev–Trinajstić information content (AvgIpc) is 2.56. The fraction of sp³-hybridized carbons (Fsp3) is 0.909. The normalized spacial score (nSPS) is 15.2. The molecule has 0 aromatic carbocycles. The Morgan fingerprint density at radius 1 is 0.786 bits per heavy atom. The van der Waals surface area contributed by atoms with Gasteiger partial charge in [0.05, 0.1) is 21.1 Å². The summed E-state index contributed by atoms with van der Waals surface area (Å²) in [5.74, 6) is 0. The van der Waals surface area contributed by atoms with Gasteiger partial charge in [-0.15, -0.1) is 0 Å². The van der Waals surface area contributed by atoms with Gasteiger partial charge >= 0.3 is 7.60 Å². The molecule has 168 valence electrons. The van der Waals surface area contributed by atoms with Crippen molar-refractivity contribution in [2.45, 2.75) is 102 Å². The number of rotatable bonds is 18. The fourth-order valence-corrected chi connectivity index (χ4v) is 4.61. The van der Waals surface area contributed by atoms with Gasteiger partial charge in [-0.1, -0.05) is 70.4 Å². The molecule has 5 nitrogen and oxygen atoms in total. The second-order valence-corrected chi connectivity index (χ2v) is 11.2. The van der Waals surface area contributed by atoms with E-state index in [4.69, 9.17) is 0 Å². The molecular formula is C22H47NO4P+. The number of aliphatic hydroxyl groups is 1. The molecule has 0 heterocycles. The minimum absolute atomic E-state index is 0.0473. The SMILES string of the molecule is CCCCCCCCCCC/C=C\CCCCC(O)(C[N+](C)(C)C)P(=O)(O)O. The predicted molar refractivity (Wildman–Crippen MR) is 119 cm³/mol. The molecular weight excluding hydrogens is 373 g/mol. The molecule has 0 aromatic rings. The van der Waals surface area contributed by atoms with Gasteiger partial charge < -0.3 is 19.4 Å². The summed E-state index contributed by atoms with van der Waals surface area (Å²) in [6.07, 6.45) is 20.1. The molecule has 0 radical (unpaired) electrons. The zero-order valence-corrected chi connectivity index (χ0v) is 19.8. The molecule has 1 unspecified atom stereocenters. The monoisotopic (exact) mass is 420 g/mol. The zero-order chi connectivity index (χ0) is 21.5. The van der Waals surface area contributed by atoms with Gasteiger partial charge in [0.2, 0.25) is 5.34 Å². The number of hydrogen-bond acceptors (Lipinski definition) is 2. The van der Waals surface area contributed by atoms with Gasteiger partial charge in [-0.3, -0.25) is 4.57 Å². The van der Waals surface area contributed by atoms with Crippen LogP contribution < -0.4 is 0 Å². The number of unbranched alkanes of at least 4 members (excludes halogenated alkanes) is 11. The van der Waals surface area contributed by atoms with Crippen molar-refractivity contribution >= 4 is 7.60 Å². The Kier molecular flexibility index (Phi) is 14.6. The van der Waals surface area contributed by atoms with Crippen LogP contribution in [0, 0.1) is 0 Å². The first-order valence-corrected chi connectivity index (χ1v) is 12.9. The molecule has 0 amide bonds. The molecule has 0 saturated heterocycles. The van der Waals surface area contributed by atoms with Crippen LogP contribution >= 0.6 is 7.60 Å². The lowest BCUT2D eigenvalue weighted by molar-refractivity contribution is -0.875. The second-order valence-electron chi connectivity index (χ2n) is 9.31. The zero-order valence-electron chi connectivity index (χ0n) is 18.9. The summed E-state index contributed by atoms with van der Waals surface area (Å²) in [4.78, 5) is 19.1. The van der Waals surface area contributed by atoms with Gasteiger partial charge in [0.25, 0.3) is 0 Å². The fourth-order valence-electron chi connectivity index (χ4n) is 3.56.